The number of ketones is 1. The van der Waals surface area contributed by atoms with Crippen molar-refractivity contribution in [3.05, 3.63) is 12.2 Å². The van der Waals surface area contributed by atoms with Crippen LogP contribution in [0, 0.1) is 11.3 Å². The lowest BCUT2D eigenvalue weighted by Gasteiger charge is -2.33. The minimum atomic E-state index is 0.259. The van der Waals surface area contributed by atoms with Crippen LogP contribution in [0.4, 0.5) is 0 Å². The van der Waals surface area contributed by atoms with Crippen LogP contribution in [-0.2, 0) is 4.79 Å². The predicted octanol–water partition coefficient (Wildman–Crippen LogP) is 2.98. The van der Waals surface area contributed by atoms with E-state index in [9.17, 15) is 4.79 Å². The fraction of sp³-hybridized carbons (Fsp3) is 0.700. The van der Waals surface area contributed by atoms with E-state index in [0.717, 1.165) is 17.3 Å². The van der Waals surface area contributed by atoms with E-state index < -0.39 is 0 Å². The molecule has 0 bridgehead atoms. The van der Waals surface area contributed by atoms with Gasteiger partial charge < -0.3 is 0 Å². The lowest BCUT2D eigenvalue weighted by atomic mass is 9.72. The number of halogens is 1. The average Bonchev–Trinajstić information content (AvgIpc) is 2.09. The Labute approximate surface area is 87.8 Å². The van der Waals surface area contributed by atoms with E-state index in [1.807, 2.05) is 0 Å². The van der Waals surface area contributed by atoms with E-state index in [0.29, 0.717) is 5.92 Å². The molecule has 0 heterocycles. The van der Waals surface area contributed by atoms with Crippen LogP contribution in [0.5, 0.6) is 0 Å². The van der Waals surface area contributed by atoms with Gasteiger partial charge in [-0.15, -0.1) is 0 Å². The van der Waals surface area contributed by atoms with E-state index in [-0.39, 0.29) is 11.2 Å². The third kappa shape index (κ3) is 2.09. The normalized spacial score (nSPS) is 32.1. The quantitative estimate of drug-likeness (QED) is 0.560. The monoisotopic (exact) mass is 278 g/mol. The Hall–Kier alpha value is 0.140. The minimum Gasteiger partial charge on any atom is -0.295 e. The van der Waals surface area contributed by atoms with E-state index in [4.69, 9.17) is 0 Å². The zero-order valence-electron chi connectivity index (χ0n) is 7.64. The summed E-state index contributed by atoms with van der Waals surface area (Å²) in [5, 5.41) is 0. The van der Waals surface area contributed by atoms with Crippen LogP contribution in [0.25, 0.3) is 0 Å². The van der Waals surface area contributed by atoms with E-state index in [1.54, 1.807) is 6.08 Å². The van der Waals surface area contributed by atoms with Crippen molar-refractivity contribution in [3.63, 3.8) is 0 Å². The van der Waals surface area contributed by atoms with E-state index >= 15 is 0 Å². The van der Waals surface area contributed by atoms with Crippen molar-refractivity contribution in [3.8, 4) is 0 Å². The highest BCUT2D eigenvalue weighted by Crippen LogP contribution is 2.37. The molecule has 0 saturated heterocycles. The van der Waals surface area contributed by atoms with Gasteiger partial charge in [0.05, 0.1) is 0 Å². The fourth-order valence-corrected chi connectivity index (χ4v) is 2.44. The van der Waals surface area contributed by atoms with Gasteiger partial charge in [-0.2, -0.15) is 0 Å². The molecule has 0 radical (unpaired) electrons. The largest absolute Gasteiger partial charge is 0.295 e. The highest BCUT2D eigenvalue weighted by Gasteiger charge is 2.30. The topological polar surface area (TPSA) is 17.1 Å². The molecular weight excluding hydrogens is 263 g/mol. The first-order chi connectivity index (χ1) is 5.58. The minimum absolute atomic E-state index is 0.259. The van der Waals surface area contributed by atoms with Crippen molar-refractivity contribution < 1.29 is 4.79 Å². The summed E-state index contributed by atoms with van der Waals surface area (Å²) in [7, 11) is 0. The molecule has 2 atom stereocenters. The van der Waals surface area contributed by atoms with Crippen LogP contribution in [0.2, 0.25) is 0 Å². The summed E-state index contributed by atoms with van der Waals surface area (Å²) < 4.78 is 1.16. The Morgan fingerprint density at radius 1 is 1.75 bits per heavy atom. The molecule has 1 aliphatic carbocycles. The molecule has 0 aromatic rings. The second kappa shape index (κ2) is 3.90. The van der Waals surface area contributed by atoms with E-state index in [2.05, 4.69) is 42.5 Å². The van der Waals surface area contributed by atoms with Gasteiger partial charge in [-0.05, 0) is 23.8 Å². The van der Waals surface area contributed by atoms with Crippen molar-refractivity contribution >= 4 is 28.4 Å². The molecule has 0 N–H and O–H groups in total. The Morgan fingerprint density at radius 2 is 2.42 bits per heavy atom. The first kappa shape index (κ1) is 10.2. The van der Waals surface area contributed by atoms with Gasteiger partial charge in [0.25, 0.3) is 0 Å². The Bertz CT molecular complexity index is 210. The molecule has 0 amide bonds. The summed E-state index contributed by atoms with van der Waals surface area (Å²) in [5.41, 5.74) is 0.259. The van der Waals surface area contributed by atoms with Crippen molar-refractivity contribution in [2.75, 3.05) is 4.43 Å². The molecule has 12 heavy (non-hydrogen) atoms. The molecule has 2 heteroatoms. The molecule has 1 aliphatic rings. The molecule has 0 aromatic heterocycles. The summed E-state index contributed by atoms with van der Waals surface area (Å²) >= 11 is 2.41. The number of hydrogen-bond donors (Lipinski definition) is 0. The zero-order valence-corrected chi connectivity index (χ0v) is 9.80. The van der Waals surface area contributed by atoms with Crippen molar-refractivity contribution in [1.29, 1.82) is 0 Å². The Morgan fingerprint density at radius 3 is 2.83 bits per heavy atom. The number of allylic oxidation sites excluding steroid dienone is 2. The molecule has 1 nitrogen and oxygen atoms in total. The van der Waals surface area contributed by atoms with Crippen LogP contribution in [-0.4, -0.2) is 10.2 Å². The first-order valence-corrected chi connectivity index (χ1v) is 5.89. The Balaban J connectivity index is 2.73. The average molecular weight is 278 g/mol. The van der Waals surface area contributed by atoms with Crippen LogP contribution in [0.1, 0.15) is 26.7 Å². The molecule has 0 fully saturated rings. The summed E-state index contributed by atoms with van der Waals surface area (Å²) in [4.78, 5) is 11.0. The molecule has 68 valence electrons. The highest BCUT2D eigenvalue weighted by atomic mass is 127. The molecule has 0 aliphatic heterocycles. The second-order valence-corrected chi connectivity index (χ2v) is 4.74. The van der Waals surface area contributed by atoms with Crippen LogP contribution < -0.4 is 0 Å². The Kier molecular flexibility index (Phi) is 3.32. The number of carbonyl (C=O) groups is 1. The zero-order chi connectivity index (χ0) is 9.19. The lowest BCUT2D eigenvalue weighted by molar-refractivity contribution is -0.115. The highest BCUT2D eigenvalue weighted by molar-refractivity contribution is 14.1. The first-order valence-electron chi connectivity index (χ1n) is 4.36. The summed E-state index contributed by atoms with van der Waals surface area (Å²) in [6.07, 6.45) is 5.61. The lowest BCUT2D eigenvalue weighted by Crippen LogP contribution is -2.27. The summed E-state index contributed by atoms with van der Waals surface area (Å²) in [5.74, 6) is 0.954. The van der Waals surface area contributed by atoms with Gasteiger partial charge in [-0.3, -0.25) is 4.79 Å². The van der Waals surface area contributed by atoms with Crippen molar-refractivity contribution in [2.45, 2.75) is 26.7 Å². The third-order valence-corrected chi connectivity index (χ3v) is 4.24. The predicted molar refractivity (Wildman–Crippen MR) is 59.5 cm³/mol. The maximum Gasteiger partial charge on any atom is 0.155 e. The molecule has 1 rings (SSSR count). The third-order valence-electron chi connectivity index (χ3n) is 2.92. The van der Waals surface area contributed by atoms with Crippen LogP contribution in [0.15, 0.2) is 12.2 Å². The second-order valence-electron chi connectivity index (χ2n) is 3.86. The molecule has 0 saturated carbocycles. The van der Waals surface area contributed by atoms with Crippen LogP contribution >= 0.6 is 22.6 Å². The van der Waals surface area contributed by atoms with E-state index in [1.165, 1.54) is 0 Å². The molecule has 0 spiro atoms. The SMILES string of the molecule is C[C@@H](CI)[C@]1(C)C=CC(=O)CC1. The van der Waals surface area contributed by atoms with Gasteiger partial charge in [0, 0.05) is 10.8 Å². The number of alkyl halides is 1. The maximum atomic E-state index is 11.0. The number of rotatable bonds is 2. The number of hydrogen-bond acceptors (Lipinski definition) is 1. The number of carbonyl (C=O) groups excluding carboxylic acids is 1. The van der Waals surface area contributed by atoms with Gasteiger partial charge in [-0.1, -0.05) is 42.5 Å². The smallest absolute Gasteiger partial charge is 0.155 e. The fourth-order valence-electron chi connectivity index (χ4n) is 1.43. The molecule has 0 aromatic carbocycles. The van der Waals surface area contributed by atoms with Gasteiger partial charge in [-0.25, -0.2) is 0 Å². The van der Waals surface area contributed by atoms with Crippen molar-refractivity contribution in [1.82, 2.24) is 0 Å². The molecular formula is C10H15IO. The van der Waals surface area contributed by atoms with Gasteiger partial charge in [0.15, 0.2) is 5.78 Å². The van der Waals surface area contributed by atoms with Crippen molar-refractivity contribution in [2.24, 2.45) is 11.3 Å². The maximum absolute atomic E-state index is 11.0. The molecule has 0 unspecified atom stereocenters. The summed E-state index contributed by atoms with van der Waals surface area (Å²) in [6.45, 7) is 4.51. The standard InChI is InChI=1S/C10H15IO/c1-8(7-11)10(2)5-3-9(12)4-6-10/h3,5,8H,4,6-7H2,1-2H3/t8-,10+/m0/s1. The van der Waals surface area contributed by atoms with Gasteiger partial charge in [0.2, 0.25) is 0 Å². The van der Waals surface area contributed by atoms with Gasteiger partial charge in [0.1, 0.15) is 0 Å². The van der Waals surface area contributed by atoms with Gasteiger partial charge >= 0.3 is 0 Å². The summed E-state index contributed by atoms with van der Waals surface area (Å²) in [6, 6.07) is 0. The van der Waals surface area contributed by atoms with Crippen LogP contribution in [0.3, 0.4) is 0 Å².